The maximum atomic E-state index is 13.2. The minimum Gasteiger partial charge on any atom is -0.465 e. The van der Waals surface area contributed by atoms with Gasteiger partial charge in [0.15, 0.2) is 0 Å². The fourth-order valence-corrected chi connectivity index (χ4v) is 4.14. The van der Waals surface area contributed by atoms with E-state index in [0.717, 1.165) is 16.9 Å². The van der Waals surface area contributed by atoms with Gasteiger partial charge in [-0.25, -0.2) is 14.4 Å². The molecule has 0 aliphatic carbocycles. The van der Waals surface area contributed by atoms with Gasteiger partial charge in [0.2, 0.25) is 0 Å². The van der Waals surface area contributed by atoms with Crippen molar-refractivity contribution in [2.45, 2.75) is 13.5 Å². The second kappa shape index (κ2) is 11.2. The van der Waals surface area contributed by atoms with Gasteiger partial charge in [-0.05, 0) is 48.4 Å². The topological polar surface area (TPSA) is 101 Å². The number of carbonyl (C=O) groups is 3. The van der Waals surface area contributed by atoms with E-state index in [1.54, 1.807) is 61.5 Å². The quantitative estimate of drug-likeness (QED) is 0.374. The molecule has 0 amide bonds. The second-order valence-electron chi connectivity index (χ2n) is 7.04. The molecule has 3 rings (SSSR count). The lowest BCUT2D eigenvalue weighted by Crippen LogP contribution is -2.32. The number of thiazole rings is 1. The number of rotatable bonds is 7. The molecule has 176 valence electrons. The van der Waals surface area contributed by atoms with E-state index in [1.165, 1.54) is 24.9 Å². The zero-order valence-corrected chi connectivity index (χ0v) is 19.7. The zero-order chi connectivity index (χ0) is 24.7. The first kappa shape index (κ1) is 24.7. The highest BCUT2D eigenvalue weighted by atomic mass is 32.1. The lowest BCUT2D eigenvalue weighted by Gasteiger charge is -2.04. The molecule has 1 heterocycles. The van der Waals surface area contributed by atoms with E-state index >= 15 is 0 Å². The van der Waals surface area contributed by atoms with Gasteiger partial charge in [0.1, 0.15) is 4.66 Å². The van der Waals surface area contributed by atoms with Crippen LogP contribution in [0.5, 0.6) is 0 Å². The van der Waals surface area contributed by atoms with Gasteiger partial charge in [-0.1, -0.05) is 24.3 Å². The Kier molecular flexibility index (Phi) is 8.15. The Bertz CT molecular complexity index is 1370. The van der Waals surface area contributed by atoms with Crippen LogP contribution in [-0.4, -0.2) is 43.3 Å². The number of benzene rings is 2. The molecule has 8 nitrogen and oxygen atoms in total. The number of hydrogen-bond acceptors (Lipinski definition) is 8. The third-order valence-electron chi connectivity index (χ3n) is 4.81. The molecule has 2 aromatic carbocycles. The molecule has 0 saturated carbocycles. The summed E-state index contributed by atoms with van der Waals surface area (Å²) in [5, 5.41) is 0. The summed E-state index contributed by atoms with van der Waals surface area (Å²) in [7, 11) is 2.61. The van der Waals surface area contributed by atoms with E-state index in [4.69, 9.17) is 14.2 Å². The number of aromatic nitrogens is 1. The average Bonchev–Trinajstić information content (AvgIpc) is 3.12. The van der Waals surface area contributed by atoms with Crippen LogP contribution in [0, 0.1) is 0 Å². The summed E-state index contributed by atoms with van der Waals surface area (Å²) in [6.45, 7) is 2.11. The molecule has 0 aliphatic heterocycles. The van der Waals surface area contributed by atoms with Gasteiger partial charge in [0, 0.05) is 0 Å². The van der Waals surface area contributed by atoms with Crippen LogP contribution in [-0.2, 0) is 25.5 Å². The highest BCUT2D eigenvalue weighted by Crippen LogP contribution is 2.08. The molecular formula is C25H23NO7S. The van der Waals surface area contributed by atoms with Crippen molar-refractivity contribution in [3.05, 3.63) is 90.3 Å². The monoisotopic (exact) mass is 481 g/mol. The normalized spacial score (nSPS) is 11.9. The standard InChI is InChI=1S/C25H23NO7S/c1-4-33-22(27)14-21-26(15-17-7-11-19(12-8-17)25(30)32-3)23(28)20(34-21)13-16-5-9-18(10-6-16)24(29)31-2/h5-14H,4,15H2,1-3H3/b20-13-,21-14-. The van der Waals surface area contributed by atoms with Crippen LogP contribution >= 0.6 is 11.3 Å². The lowest BCUT2D eigenvalue weighted by molar-refractivity contribution is -0.135. The zero-order valence-electron chi connectivity index (χ0n) is 18.9. The molecule has 0 fully saturated rings. The molecule has 0 aliphatic rings. The number of carbonyl (C=O) groups excluding carboxylic acids is 3. The summed E-state index contributed by atoms with van der Waals surface area (Å²) in [6.07, 6.45) is 2.98. The third kappa shape index (κ3) is 5.87. The summed E-state index contributed by atoms with van der Waals surface area (Å²) < 4.78 is 16.7. The van der Waals surface area contributed by atoms with Gasteiger partial charge < -0.3 is 14.2 Å². The minimum absolute atomic E-state index is 0.192. The van der Waals surface area contributed by atoms with Crippen molar-refractivity contribution < 1.29 is 28.6 Å². The molecule has 0 spiro atoms. The number of hydrogen-bond donors (Lipinski definition) is 0. The lowest BCUT2D eigenvalue weighted by atomic mass is 10.1. The summed E-state index contributed by atoms with van der Waals surface area (Å²) >= 11 is 1.15. The molecule has 3 aromatic rings. The van der Waals surface area contributed by atoms with Gasteiger partial charge >= 0.3 is 17.9 Å². The molecule has 0 bridgehead atoms. The highest BCUT2D eigenvalue weighted by Gasteiger charge is 2.10. The van der Waals surface area contributed by atoms with Crippen LogP contribution in [0.3, 0.4) is 0 Å². The first-order chi connectivity index (χ1) is 16.4. The number of methoxy groups -OCH3 is 2. The van der Waals surface area contributed by atoms with E-state index in [-0.39, 0.29) is 18.7 Å². The summed E-state index contributed by atoms with van der Waals surface area (Å²) in [5.74, 6) is -1.45. The van der Waals surface area contributed by atoms with E-state index in [0.29, 0.717) is 25.9 Å². The van der Waals surface area contributed by atoms with Gasteiger partial charge in [0.05, 0.1) is 49.1 Å². The van der Waals surface area contributed by atoms with E-state index in [9.17, 15) is 19.2 Å². The van der Waals surface area contributed by atoms with Crippen LogP contribution < -0.4 is 14.8 Å². The van der Waals surface area contributed by atoms with Gasteiger partial charge in [-0.3, -0.25) is 9.36 Å². The van der Waals surface area contributed by atoms with Crippen LogP contribution in [0.25, 0.3) is 12.2 Å². The largest absolute Gasteiger partial charge is 0.465 e. The fourth-order valence-electron chi connectivity index (χ4n) is 3.11. The molecular weight excluding hydrogens is 458 g/mol. The number of nitrogens with zero attached hydrogens (tertiary/aromatic N) is 1. The van der Waals surface area contributed by atoms with Crippen molar-refractivity contribution in [3.8, 4) is 0 Å². The maximum absolute atomic E-state index is 13.2. The fraction of sp³-hybridized carbons (Fsp3) is 0.200. The van der Waals surface area contributed by atoms with Crippen LogP contribution in [0.4, 0.5) is 0 Å². The second-order valence-corrected chi connectivity index (χ2v) is 8.10. The van der Waals surface area contributed by atoms with Crippen molar-refractivity contribution in [2.75, 3.05) is 20.8 Å². The Morgan fingerprint density at radius 1 is 0.912 bits per heavy atom. The van der Waals surface area contributed by atoms with Gasteiger partial charge in [-0.2, -0.15) is 0 Å². The van der Waals surface area contributed by atoms with Crippen LogP contribution in [0.2, 0.25) is 0 Å². The number of ether oxygens (including phenoxy) is 3. The molecule has 0 unspecified atom stereocenters. The predicted octanol–water partition coefficient (Wildman–Crippen LogP) is 1.70. The maximum Gasteiger partial charge on any atom is 0.337 e. The molecule has 0 radical (unpaired) electrons. The smallest absolute Gasteiger partial charge is 0.337 e. The number of esters is 3. The minimum atomic E-state index is -0.549. The van der Waals surface area contributed by atoms with E-state index in [2.05, 4.69) is 0 Å². The summed E-state index contributed by atoms with van der Waals surface area (Å²) in [6, 6.07) is 13.3. The first-order valence-electron chi connectivity index (χ1n) is 10.3. The molecule has 9 heteroatoms. The van der Waals surface area contributed by atoms with Crippen molar-refractivity contribution in [3.63, 3.8) is 0 Å². The van der Waals surface area contributed by atoms with Gasteiger partial charge in [-0.15, -0.1) is 11.3 Å². The molecule has 34 heavy (non-hydrogen) atoms. The molecule has 1 aromatic heterocycles. The average molecular weight is 482 g/mol. The Hall–Kier alpha value is -3.98. The van der Waals surface area contributed by atoms with E-state index < -0.39 is 17.9 Å². The van der Waals surface area contributed by atoms with Gasteiger partial charge in [0.25, 0.3) is 5.56 Å². The predicted molar refractivity (Wildman–Crippen MR) is 127 cm³/mol. The van der Waals surface area contributed by atoms with Crippen molar-refractivity contribution >= 4 is 41.4 Å². The summed E-state index contributed by atoms with van der Waals surface area (Å²) in [4.78, 5) is 48.6. The Morgan fingerprint density at radius 3 is 2.00 bits per heavy atom. The molecule has 0 N–H and O–H groups in total. The van der Waals surface area contributed by atoms with Crippen LogP contribution in [0.1, 0.15) is 38.8 Å². The van der Waals surface area contributed by atoms with Crippen molar-refractivity contribution in [1.82, 2.24) is 4.57 Å². The molecule has 0 atom stereocenters. The van der Waals surface area contributed by atoms with Crippen molar-refractivity contribution in [1.29, 1.82) is 0 Å². The highest BCUT2D eigenvalue weighted by molar-refractivity contribution is 7.07. The Morgan fingerprint density at radius 2 is 1.47 bits per heavy atom. The first-order valence-corrected chi connectivity index (χ1v) is 11.1. The third-order valence-corrected chi connectivity index (χ3v) is 5.87. The summed E-state index contributed by atoms with van der Waals surface area (Å²) in [5.41, 5.74) is 1.99. The Labute approximate surface area is 199 Å². The Balaban J connectivity index is 2.04. The van der Waals surface area contributed by atoms with E-state index in [1.807, 2.05) is 0 Å². The van der Waals surface area contributed by atoms with Crippen LogP contribution in [0.15, 0.2) is 53.3 Å². The SMILES string of the molecule is CCOC(=O)/C=c1\s/c(=C\c2ccc(C(=O)OC)cc2)c(=O)n1Cc1ccc(C(=O)OC)cc1. The molecule has 0 saturated heterocycles. The van der Waals surface area contributed by atoms with Crippen molar-refractivity contribution in [2.24, 2.45) is 0 Å².